The molecule has 4 nitrogen and oxygen atoms in total. The smallest absolute Gasteiger partial charge is 0.265 e. The summed E-state index contributed by atoms with van der Waals surface area (Å²) in [7, 11) is -4.10. The first-order valence-electron chi connectivity index (χ1n) is 7.22. The lowest BCUT2D eigenvalue weighted by molar-refractivity contribution is -0.112. The van der Waals surface area contributed by atoms with Crippen LogP contribution in [-0.2, 0) is 14.8 Å². The van der Waals surface area contributed by atoms with Crippen LogP contribution >= 0.6 is 11.6 Å². The van der Waals surface area contributed by atoms with Crippen LogP contribution in [0.25, 0.3) is 0 Å². The van der Waals surface area contributed by atoms with Gasteiger partial charge < -0.3 is 0 Å². The fraction of sp³-hybridized carbons (Fsp3) is 0.235. The summed E-state index contributed by atoms with van der Waals surface area (Å²) in [5.74, 6) is -0.547. The number of carbonyl (C=O) groups excluding carboxylic acids is 1. The number of halogens is 2. The molecule has 1 unspecified atom stereocenters. The normalized spacial score (nSPS) is 12.7. The number of sulfonamides is 1. The molecule has 0 bridgehead atoms. The van der Waals surface area contributed by atoms with Crippen LogP contribution in [0.4, 0.5) is 10.1 Å². The number of hydrogen-bond acceptors (Lipinski definition) is 3. The molecule has 0 amide bonds. The van der Waals surface area contributed by atoms with Gasteiger partial charge in [-0.2, -0.15) is 0 Å². The van der Waals surface area contributed by atoms with Crippen LogP contribution < -0.4 is 4.31 Å². The molecule has 0 aliphatic rings. The molecule has 2 rings (SSSR count). The molecule has 0 aromatic heterocycles. The van der Waals surface area contributed by atoms with E-state index in [9.17, 15) is 17.6 Å². The minimum atomic E-state index is -4.10. The van der Waals surface area contributed by atoms with Gasteiger partial charge in [0.05, 0.1) is 10.6 Å². The van der Waals surface area contributed by atoms with E-state index in [1.807, 2.05) is 0 Å². The van der Waals surface area contributed by atoms with E-state index in [1.165, 1.54) is 6.92 Å². The second-order valence-electron chi connectivity index (χ2n) is 5.48. The first kappa shape index (κ1) is 18.4. The summed E-state index contributed by atoms with van der Waals surface area (Å²) in [6, 6.07) is 8.63. The molecule has 0 saturated heterocycles. The minimum absolute atomic E-state index is 0.115. The first-order valence-corrected chi connectivity index (χ1v) is 9.03. The summed E-state index contributed by atoms with van der Waals surface area (Å²) in [6.07, 6.45) is 0. The Hall–Kier alpha value is -1.92. The van der Waals surface area contributed by atoms with Crippen molar-refractivity contribution in [1.82, 2.24) is 0 Å². The van der Waals surface area contributed by atoms with Gasteiger partial charge in [0.25, 0.3) is 10.0 Å². The van der Waals surface area contributed by atoms with Gasteiger partial charge in [-0.15, -0.1) is 0 Å². The van der Waals surface area contributed by atoms with E-state index < -0.39 is 27.1 Å². The van der Waals surface area contributed by atoms with E-state index >= 15 is 0 Å². The standard InChI is InChI=1S/C17H17ClFNO3S/c1-11-5-4-6-12(2)16(11)20(13(3)17(18)21)24(22,23)15-9-7-14(19)8-10-15/h4-10,13H,1-3H3. The zero-order valence-electron chi connectivity index (χ0n) is 13.5. The van der Waals surface area contributed by atoms with Crippen LogP contribution in [0, 0.1) is 19.7 Å². The van der Waals surface area contributed by atoms with Gasteiger partial charge in [-0.1, -0.05) is 18.2 Å². The van der Waals surface area contributed by atoms with Gasteiger partial charge in [-0.05, 0) is 67.8 Å². The molecule has 7 heteroatoms. The van der Waals surface area contributed by atoms with Gasteiger partial charge >= 0.3 is 0 Å². The van der Waals surface area contributed by atoms with Gasteiger partial charge in [0.15, 0.2) is 0 Å². The average Bonchev–Trinajstić information content (AvgIpc) is 2.50. The van der Waals surface area contributed by atoms with E-state index in [0.717, 1.165) is 28.6 Å². The van der Waals surface area contributed by atoms with Gasteiger partial charge in [0.1, 0.15) is 11.9 Å². The highest BCUT2D eigenvalue weighted by Gasteiger charge is 2.34. The molecular weight excluding hydrogens is 353 g/mol. The third-order valence-corrected chi connectivity index (χ3v) is 5.91. The van der Waals surface area contributed by atoms with E-state index in [0.29, 0.717) is 16.8 Å². The van der Waals surface area contributed by atoms with Crippen molar-refractivity contribution in [3.8, 4) is 0 Å². The Morgan fingerprint density at radius 3 is 2.04 bits per heavy atom. The number of carbonyl (C=O) groups is 1. The van der Waals surface area contributed by atoms with Crippen molar-refractivity contribution in [2.75, 3.05) is 4.31 Å². The lowest BCUT2D eigenvalue weighted by Crippen LogP contribution is -2.42. The van der Waals surface area contributed by atoms with Gasteiger partial charge in [-0.3, -0.25) is 9.10 Å². The Morgan fingerprint density at radius 2 is 1.58 bits per heavy atom. The van der Waals surface area contributed by atoms with Crippen LogP contribution in [0.15, 0.2) is 47.4 Å². The Kier molecular flexibility index (Phi) is 5.30. The van der Waals surface area contributed by atoms with E-state index in [-0.39, 0.29) is 4.90 Å². The first-order chi connectivity index (χ1) is 11.2. The predicted molar refractivity (Wildman–Crippen MR) is 92.3 cm³/mol. The molecule has 0 aliphatic carbocycles. The van der Waals surface area contributed by atoms with Crippen LogP contribution in [0.2, 0.25) is 0 Å². The number of anilines is 1. The highest BCUT2D eigenvalue weighted by molar-refractivity contribution is 7.93. The molecular formula is C17H17ClFNO3S. The molecule has 0 spiro atoms. The predicted octanol–water partition coefficient (Wildman–Crippen LogP) is 3.79. The van der Waals surface area contributed by atoms with Gasteiger partial charge in [0.2, 0.25) is 5.24 Å². The minimum Gasteiger partial charge on any atom is -0.279 e. The monoisotopic (exact) mass is 369 g/mol. The third kappa shape index (κ3) is 3.44. The van der Waals surface area contributed by atoms with Crippen molar-refractivity contribution in [1.29, 1.82) is 0 Å². The summed E-state index contributed by atoms with van der Waals surface area (Å²) in [5.41, 5.74) is 1.76. The summed E-state index contributed by atoms with van der Waals surface area (Å²) >= 11 is 5.59. The maximum Gasteiger partial charge on any atom is 0.265 e. The van der Waals surface area contributed by atoms with Crippen LogP contribution in [0.3, 0.4) is 0 Å². The van der Waals surface area contributed by atoms with Crippen LogP contribution in [-0.4, -0.2) is 19.7 Å². The number of aryl methyl sites for hydroxylation is 2. The van der Waals surface area contributed by atoms with Crippen molar-refractivity contribution >= 4 is 32.6 Å². The Labute approximate surface area is 145 Å². The SMILES string of the molecule is Cc1cccc(C)c1N(C(C)C(=O)Cl)S(=O)(=O)c1ccc(F)cc1. The highest BCUT2D eigenvalue weighted by atomic mass is 35.5. The van der Waals surface area contributed by atoms with Crippen molar-refractivity contribution in [2.45, 2.75) is 31.7 Å². The molecule has 0 saturated carbocycles. The molecule has 0 heterocycles. The van der Waals surface area contributed by atoms with Crippen molar-refractivity contribution in [3.63, 3.8) is 0 Å². The second kappa shape index (κ2) is 6.91. The molecule has 2 aromatic rings. The molecule has 2 aromatic carbocycles. The summed E-state index contributed by atoms with van der Waals surface area (Å²) in [6.45, 7) is 4.92. The number of hydrogen-bond donors (Lipinski definition) is 0. The lowest BCUT2D eigenvalue weighted by atomic mass is 10.1. The zero-order valence-corrected chi connectivity index (χ0v) is 15.0. The van der Waals surface area contributed by atoms with Gasteiger partial charge in [0, 0.05) is 0 Å². The largest absolute Gasteiger partial charge is 0.279 e. The van der Waals surface area contributed by atoms with Gasteiger partial charge in [-0.25, -0.2) is 12.8 Å². The summed E-state index contributed by atoms with van der Waals surface area (Å²) in [4.78, 5) is 11.6. The molecule has 24 heavy (non-hydrogen) atoms. The van der Waals surface area contributed by atoms with E-state index in [4.69, 9.17) is 11.6 Å². The Morgan fingerprint density at radius 1 is 1.08 bits per heavy atom. The third-order valence-electron chi connectivity index (χ3n) is 3.71. The topological polar surface area (TPSA) is 54.5 Å². The molecule has 128 valence electrons. The average molecular weight is 370 g/mol. The Bertz CT molecular complexity index is 846. The number of rotatable bonds is 5. The molecule has 0 aliphatic heterocycles. The van der Waals surface area contributed by atoms with Crippen LogP contribution in [0.5, 0.6) is 0 Å². The lowest BCUT2D eigenvalue weighted by Gasteiger charge is -2.31. The quantitative estimate of drug-likeness (QED) is 0.753. The molecule has 0 radical (unpaired) electrons. The number of para-hydroxylation sites is 1. The maximum atomic E-state index is 13.1. The fourth-order valence-corrected chi connectivity index (χ4v) is 4.39. The maximum absolute atomic E-state index is 13.1. The Balaban J connectivity index is 2.71. The molecule has 1 atom stereocenters. The second-order valence-corrected chi connectivity index (χ2v) is 7.66. The zero-order chi connectivity index (χ0) is 18.1. The summed E-state index contributed by atoms with van der Waals surface area (Å²) < 4.78 is 40.3. The highest BCUT2D eigenvalue weighted by Crippen LogP contribution is 2.32. The summed E-state index contributed by atoms with van der Waals surface area (Å²) in [5, 5.41) is -0.802. The van der Waals surface area contributed by atoms with E-state index in [1.54, 1.807) is 32.0 Å². The molecule has 0 fully saturated rings. The molecule has 0 N–H and O–H groups in total. The van der Waals surface area contributed by atoms with Crippen molar-refractivity contribution < 1.29 is 17.6 Å². The van der Waals surface area contributed by atoms with Crippen molar-refractivity contribution in [3.05, 3.63) is 59.4 Å². The van der Waals surface area contributed by atoms with Crippen LogP contribution in [0.1, 0.15) is 18.1 Å². The number of benzene rings is 2. The fourth-order valence-electron chi connectivity index (χ4n) is 2.49. The van der Waals surface area contributed by atoms with E-state index in [2.05, 4.69) is 0 Å². The van der Waals surface area contributed by atoms with Crippen molar-refractivity contribution in [2.24, 2.45) is 0 Å². The number of nitrogens with zero attached hydrogens (tertiary/aromatic N) is 1.